The van der Waals surface area contributed by atoms with Crippen LogP contribution in [0.2, 0.25) is 5.02 Å². The van der Waals surface area contributed by atoms with Crippen molar-refractivity contribution in [3.63, 3.8) is 0 Å². The third kappa shape index (κ3) is 3.67. The number of nitrogens with zero attached hydrogens (tertiary/aromatic N) is 2. The van der Waals surface area contributed by atoms with Crippen molar-refractivity contribution in [2.45, 2.75) is 12.8 Å². The molecular weight excluding hydrogens is 398 g/mol. The summed E-state index contributed by atoms with van der Waals surface area (Å²) >= 11 is 7.22. The zero-order valence-electron chi connectivity index (χ0n) is 14.5. The number of carbonyl (C=O) groups excluding carboxylic acids is 3. The highest BCUT2D eigenvalue weighted by Gasteiger charge is 2.30. The molecule has 3 amide bonds. The molecule has 28 heavy (non-hydrogen) atoms. The van der Waals surface area contributed by atoms with E-state index in [-0.39, 0.29) is 30.6 Å². The standard InChI is InChI=1S/C20H14ClN3O3S/c21-14-5-1-12(2-6-14)16-11-28-20(22-16)23-19(27)13-3-7-15(8-4-13)24-17(25)9-10-18(24)26/h1-8,11H,9-10H2,(H,22,23,27). The molecule has 4 rings (SSSR count). The zero-order chi connectivity index (χ0) is 19.7. The number of thiazole rings is 1. The molecule has 0 bridgehead atoms. The number of carbonyl (C=O) groups is 3. The first-order valence-corrected chi connectivity index (χ1v) is 9.76. The Morgan fingerprint density at radius 1 is 1.00 bits per heavy atom. The average Bonchev–Trinajstić information content (AvgIpc) is 3.29. The molecule has 1 fully saturated rings. The van der Waals surface area contributed by atoms with Gasteiger partial charge in [0.2, 0.25) is 11.8 Å². The van der Waals surface area contributed by atoms with Crippen molar-refractivity contribution in [2.24, 2.45) is 0 Å². The Kier molecular flexibility index (Phi) is 4.93. The van der Waals surface area contributed by atoms with Gasteiger partial charge in [0.05, 0.1) is 11.4 Å². The van der Waals surface area contributed by atoms with Crippen LogP contribution in [0.15, 0.2) is 53.9 Å². The smallest absolute Gasteiger partial charge is 0.257 e. The highest BCUT2D eigenvalue weighted by atomic mass is 35.5. The van der Waals surface area contributed by atoms with E-state index in [0.29, 0.717) is 21.4 Å². The van der Waals surface area contributed by atoms with E-state index in [4.69, 9.17) is 11.6 Å². The summed E-state index contributed by atoms with van der Waals surface area (Å²) in [6.07, 6.45) is 0.447. The van der Waals surface area contributed by atoms with Crippen LogP contribution >= 0.6 is 22.9 Å². The molecule has 0 saturated carbocycles. The summed E-state index contributed by atoms with van der Waals surface area (Å²) in [5.74, 6) is -0.762. The maximum Gasteiger partial charge on any atom is 0.257 e. The Labute approximate surface area is 169 Å². The number of benzene rings is 2. The quantitative estimate of drug-likeness (QED) is 0.646. The number of aromatic nitrogens is 1. The highest BCUT2D eigenvalue weighted by Crippen LogP contribution is 2.27. The van der Waals surface area contributed by atoms with Gasteiger partial charge in [-0.15, -0.1) is 11.3 Å². The van der Waals surface area contributed by atoms with Gasteiger partial charge in [-0.2, -0.15) is 0 Å². The van der Waals surface area contributed by atoms with Gasteiger partial charge in [0, 0.05) is 34.4 Å². The molecule has 0 atom stereocenters. The summed E-state index contributed by atoms with van der Waals surface area (Å²) in [7, 11) is 0. The minimum absolute atomic E-state index is 0.222. The van der Waals surface area contributed by atoms with Crippen LogP contribution in [0, 0.1) is 0 Å². The van der Waals surface area contributed by atoms with Crippen LogP contribution in [0.5, 0.6) is 0 Å². The van der Waals surface area contributed by atoms with E-state index >= 15 is 0 Å². The van der Waals surface area contributed by atoms with Gasteiger partial charge in [0.1, 0.15) is 0 Å². The number of hydrogen-bond acceptors (Lipinski definition) is 5. The summed E-state index contributed by atoms with van der Waals surface area (Å²) in [6.45, 7) is 0. The Morgan fingerprint density at radius 2 is 1.64 bits per heavy atom. The van der Waals surface area contributed by atoms with Crippen molar-refractivity contribution in [3.8, 4) is 11.3 Å². The fourth-order valence-electron chi connectivity index (χ4n) is 2.88. The van der Waals surface area contributed by atoms with Crippen LogP contribution in [0.3, 0.4) is 0 Å². The highest BCUT2D eigenvalue weighted by molar-refractivity contribution is 7.14. The lowest BCUT2D eigenvalue weighted by Crippen LogP contribution is -2.28. The number of rotatable bonds is 4. The monoisotopic (exact) mass is 411 g/mol. The first-order valence-electron chi connectivity index (χ1n) is 8.50. The second-order valence-corrected chi connectivity index (χ2v) is 7.46. The molecule has 2 aromatic carbocycles. The Morgan fingerprint density at radius 3 is 2.29 bits per heavy atom. The van der Waals surface area contributed by atoms with Gasteiger partial charge in [-0.25, -0.2) is 4.98 Å². The Balaban J connectivity index is 1.46. The summed E-state index contributed by atoms with van der Waals surface area (Å²) in [5.41, 5.74) is 2.54. The summed E-state index contributed by atoms with van der Waals surface area (Å²) in [5, 5.41) is 5.74. The second kappa shape index (κ2) is 7.53. The maximum absolute atomic E-state index is 12.5. The van der Waals surface area contributed by atoms with E-state index in [1.165, 1.54) is 11.3 Å². The van der Waals surface area contributed by atoms with Crippen LogP contribution in [0.25, 0.3) is 11.3 Å². The van der Waals surface area contributed by atoms with E-state index in [9.17, 15) is 14.4 Å². The van der Waals surface area contributed by atoms with E-state index in [0.717, 1.165) is 16.2 Å². The Hall–Kier alpha value is -3.03. The van der Waals surface area contributed by atoms with Crippen LogP contribution in [-0.2, 0) is 9.59 Å². The first kappa shape index (κ1) is 18.3. The van der Waals surface area contributed by atoms with Crippen molar-refractivity contribution in [3.05, 3.63) is 64.5 Å². The fraction of sp³-hybridized carbons (Fsp3) is 0.100. The number of imide groups is 1. The van der Waals surface area contributed by atoms with E-state index in [2.05, 4.69) is 10.3 Å². The van der Waals surface area contributed by atoms with Gasteiger partial charge >= 0.3 is 0 Å². The molecular formula is C20H14ClN3O3S. The van der Waals surface area contributed by atoms with E-state index < -0.39 is 0 Å². The lowest BCUT2D eigenvalue weighted by Gasteiger charge is -2.13. The lowest BCUT2D eigenvalue weighted by atomic mass is 10.2. The molecule has 140 valence electrons. The number of hydrogen-bond donors (Lipinski definition) is 1. The molecule has 1 aliphatic rings. The molecule has 0 radical (unpaired) electrons. The van der Waals surface area contributed by atoms with Crippen LogP contribution in [-0.4, -0.2) is 22.7 Å². The largest absolute Gasteiger partial charge is 0.298 e. The molecule has 0 unspecified atom stereocenters. The normalized spacial score (nSPS) is 13.8. The summed E-state index contributed by atoms with van der Waals surface area (Å²) < 4.78 is 0. The molecule has 0 aliphatic carbocycles. The van der Waals surface area contributed by atoms with Gasteiger partial charge in [0.25, 0.3) is 5.91 Å². The molecule has 3 aromatic rings. The molecule has 2 heterocycles. The number of amides is 3. The van der Waals surface area contributed by atoms with E-state index in [1.807, 2.05) is 17.5 Å². The minimum atomic E-state index is -0.317. The van der Waals surface area contributed by atoms with Crippen LogP contribution in [0.4, 0.5) is 10.8 Å². The summed E-state index contributed by atoms with van der Waals surface area (Å²) in [4.78, 5) is 41.6. The van der Waals surface area contributed by atoms with Gasteiger partial charge in [-0.1, -0.05) is 23.7 Å². The predicted octanol–water partition coefficient (Wildman–Crippen LogP) is 4.37. The molecule has 1 saturated heterocycles. The van der Waals surface area contributed by atoms with Gasteiger partial charge in [-0.3, -0.25) is 24.6 Å². The lowest BCUT2D eigenvalue weighted by molar-refractivity contribution is -0.121. The molecule has 8 heteroatoms. The van der Waals surface area contributed by atoms with Gasteiger partial charge < -0.3 is 0 Å². The van der Waals surface area contributed by atoms with Gasteiger partial charge in [-0.05, 0) is 36.4 Å². The maximum atomic E-state index is 12.5. The number of nitrogens with one attached hydrogen (secondary N) is 1. The molecule has 0 spiro atoms. The second-order valence-electron chi connectivity index (χ2n) is 6.17. The summed E-state index contributed by atoms with van der Waals surface area (Å²) in [6, 6.07) is 13.6. The molecule has 1 N–H and O–H groups in total. The van der Waals surface area contributed by atoms with Gasteiger partial charge in [0.15, 0.2) is 5.13 Å². The topological polar surface area (TPSA) is 79.4 Å². The number of anilines is 2. The van der Waals surface area contributed by atoms with Crippen molar-refractivity contribution < 1.29 is 14.4 Å². The molecule has 1 aromatic heterocycles. The SMILES string of the molecule is O=C(Nc1nc(-c2ccc(Cl)cc2)cs1)c1ccc(N2C(=O)CCC2=O)cc1. The number of halogens is 1. The molecule has 1 aliphatic heterocycles. The third-order valence-corrected chi connectivity index (χ3v) is 5.31. The first-order chi connectivity index (χ1) is 13.5. The van der Waals surface area contributed by atoms with Crippen molar-refractivity contribution in [2.75, 3.05) is 10.2 Å². The minimum Gasteiger partial charge on any atom is -0.298 e. The third-order valence-electron chi connectivity index (χ3n) is 4.30. The fourth-order valence-corrected chi connectivity index (χ4v) is 3.72. The van der Waals surface area contributed by atoms with Crippen molar-refractivity contribution >= 4 is 51.5 Å². The van der Waals surface area contributed by atoms with Crippen LogP contribution in [0.1, 0.15) is 23.2 Å². The van der Waals surface area contributed by atoms with Crippen LogP contribution < -0.4 is 10.2 Å². The Bertz CT molecular complexity index is 1050. The van der Waals surface area contributed by atoms with Crippen molar-refractivity contribution in [1.82, 2.24) is 4.98 Å². The van der Waals surface area contributed by atoms with E-state index in [1.54, 1.807) is 36.4 Å². The predicted molar refractivity (Wildman–Crippen MR) is 109 cm³/mol. The molecule has 6 nitrogen and oxygen atoms in total. The van der Waals surface area contributed by atoms with Crippen molar-refractivity contribution in [1.29, 1.82) is 0 Å². The zero-order valence-corrected chi connectivity index (χ0v) is 16.1. The average molecular weight is 412 g/mol.